The molecule has 0 aliphatic heterocycles. The fraction of sp³-hybridized carbons (Fsp3) is 0.143. The van der Waals surface area contributed by atoms with Crippen LogP contribution in [0.25, 0.3) is 0 Å². The molecule has 1 unspecified atom stereocenters. The Morgan fingerprint density at radius 1 is 0.882 bits per heavy atom. The third-order valence-electron chi connectivity index (χ3n) is 2.68. The lowest BCUT2D eigenvalue weighted by Gasteiger charge is -2.15. The second-order valence-electron chi connectivity index (χ2n) is 3.97. The summed E-state index contributed by atoms with van der Waals surface area (Å²) in [7, 11) is -0.975. The van der Waals surface area contributed by atoms with Crippen molar-refractivity contribution in [2.45, 2.75) is 6.92 Å². The van der Waals surface area contributed by atoms with E-state index in [0.29, 0.717) is 10.6 Å². The van der Waals surface area contributed by atoms with Crippen LogP contribution in [0.4, 0.5) is 8.78 Å². The van der Waals surface area contributed by atoms with Gasteiger partial charge in [-0.3, -0.25) is 0 Å². The first-order chi connectivity index (χ1) is 8.09. The van der Waals surface area contributed by atoms with E-state index in [0.717, 1.165) is 5.56 Å². The Labute approximate surface area is 101 Å². The molecule has 0 spiro atoms. The molecule has 2 aromatic carbocycles. The lowest BCUT2D eigenvalue weighted by Crippen LogP contribution is -2.16. The molecule has 0 fully saturated rings. The Morgan fingerprint density at radius 2 is 1.53 bits per heavy atom. The molecule has 0 bridgehead atoms. The number of rotatable bonds is 2. The van der Waals surface area contributed by atoms with E-state index in [-0.39, 0.29) is 11.6 Å². The van der Waals surface area contributed by atoms with Gasteiger partial charge < -0.3 is 0 Å². The van der Waals surface area contributed by atoms with E-state index in [9.17, 15) is 8.78 Å². The minimum atomic E-state index is -0.975. The van der Waals surface area contributed by atoms with Crippen LogP contribution in [-0.4, -0.2) is 6.66 Å². The molecular formula is C14H13F2P. The van der Waals surface area contributed by atoms with Gasteiger partial charge in [-0.15, -0.1) is 0 Å². The standard InChI is InChI=1S/C14H13F2P/c1-10-7-8-14(12(16)9-10)17(2)13-6-4-3-5-11(13)15/h3-9H,1-2H3. The fourth-order valence-corrected chi connectivity index (χ4v) is 3.38. The average Bonchev–Trinajstić information content (AvgIpc) is 2.29. The van der Waals surface area contributed by atoms with E-state index >= 15 is 0 Å². The summed E-state index contributed by atoms with van der Waals surface area (Å²) < 4.78 is 27.4. The van der Waals surface area contributed by atoms with Gasteiger partial charge in [0.25, 0.3) is 0 Å². The molecule has 3 heteroatoms. The van der Waals surface area contributed by atoms with Crippen LogP contribution in [0.3, 0.4) is 0 Å². The topological polar surface area (TPSA) is 0 Å². The van der Waals surface area contributed by atoms with Gasteiger partial charge in [-0.05, 0) is 39.2 Å². The highest BCUT2D eigenvalue weighted by Gasteiger charge is 2.15. The van der Waals surface area contributed by atoms with Crippen molar-refractivity contribution in [3.63, 3.8) is 0 Å². The Morgan fingerprint density at radius 3 is 2.18 bits per heavy atom. The molecule has 0 saturated heterocycles. The lowest BCUT2D eigenvalue weighted by atomic mass is 10.2. The molecule has 0 aliphatic rings. The predicted octanol–water partition coefficient (Wildman–Crippen LogP) is 3.34. The van der Waals surface area contributed by atoms with Gasteiger partial charge in [-0.2, -0.15) is 0 Å². The quantitative estimate of drug-likeness (QED) is 0.717. The molecule has 88 valence electrons. The van der Waals surface area contributed by atoms with Crippen LogP contribution in [-0.2, 0) is 0 Å². The molecule has 0 nitrogen and oxygen atoms in total. The molecule has 0 radical (unpaired) electrons. The first-order valence-electron chi connectivity index (χ1n) is 5.34. The Bertz CT molecular complexity index is 537. The van der Waals surface area contributed by atoms with Gasteiger partial charge in [0.1, 0.15) is 11.6 Å². The maximum atomic E-state index is 13.8. The third kappa shape index (κ3) is 2.53. The highest BCUT2D eigenvalue weighted by Crippen LogP contribution is 2.30. The van der Waals surface area contributed by atoms with Gasteiger partial charge >= 0.3 is 0 Å². The smallest absolute Gasteiger partial charge is 0.131 e. The van der Waals surface area contributed by atoms with Crippen LogP contribution in [0.15, 0.2) is 42.5 Å². The summed E-state index contributed by atoms with van der Waals surface area (Å²) in [6, 6.07) is 11.7. The van der Waals surface area contributed by atoms with E-state index in [1.54, 1.807) is 24.3 Å². The maximum absolute atomic E-state index is 13.8. The van der Waals surface area contributed by atoms with Crippen LogP contribution in [0.5, 0.6) is 0 Å². The molecule has 0 heterocycles. The van der Waals surface area contributed by atoms with Crippen molar-refractivity contribution in [1.29, 1.82) is 0 Å². The molecule has 0 amide bonds. The van der Waals surface area contributed by atoms with Crippen LogP contribution in [0, 0.1) is 18.6 Å². The first-order valence-corrected chi connectivity index (χ1v) is 7.13. The summed E-state index contributed by atoms with van der Waals surface area (Å²) in [4.78, 5) is 0. The van der Waals surface area contributed by atoms with Crippen molar-refractivity contribution in [1.82, 2.24) is 0 Å². The molecule has 1 atom stereocenters. The minimum absolute atomic E-state index is 0.248. The number of hydrogen-bond acceptors (Lipinski definition) is 0. The third-order valence-corrected chi connectivity index (χ3v) is 4.85. The van der Waals surface area contributed by atoms with Gasteiger partial charge in [-0.1, -0.05) is 30.3 Å². The Balaban J connectivity index is 2.44. The van der Waals surface area contributed by atoms with Gasteiger partial charge in [0.2, 0.25) is 0 Å². The van der Waals surface area contributed by atoms with Crippen LogP contribution < -0.4 is 10.6 Å². The van der Waals surface area contributed by atoms with Gasteiger partial charge in [-0.25, -0.2) is 8.78 Å². The van der Waals surface area contributed by atoms with E-state index in [2.05, 4.69) is 0 Å². The highest BCUT2D eigenvalue weighted by molar-refractivity contribution is 7.72. The van der Waals surface area contributed by atoms with Crippen molar-refractivity contribution in [3.8, 4) is 0 Å². The van der Waals surface area contributed by atoms with Crippen molar-refractivity contribution < 1.29 is 8.78 Å². The average molecular weight is 250 g/mol. The van der Waals surface area contributed by atoms with Gasteiger partial charge in [0, 0.05) is 10.6 Å². The van der Waals surface area contributed by atoms with E-state index in [4.69, 9.17) is 0 Å². The zero-order valence-corrected chi connectivity index (χ0v) is 10.6. The molecule has 2 rings (SSSR count). The molecule has 2 aromatic rings. The van der Waals surface area contributed by atoms with Gasteiger partial charge in [0.15, 0.2) is 0 Å². The van der Waals surface area contributed by atoms with E-state index in [1.807, 2.05) is 19.7 Å². The van der Waals surface area contributed by atoms with E-state index < -0.39 is 7.92 Å². The second kappa shape index (κ2) is 4.93. The Hall–Kier alpha value is -1.27. The second-order valence-corrected chi connectivity index (χ2v) is 6.05. The molecule has 17 heavy (non-hydrogen) atoms. The summed E-state index contributed by atoms with van der Waals surface area (Å²) in [6.07, 6.45) is 0. The summed E-state index contributed by atoms with van der Waals surface area (Å²) >= 11 is 0. The molecule has 0 saturated carbocycles. The zero-order valence-electron chi connectivity index (χ0n) is 9.74. The number of halogens is 2. The van der Waals surface area contributed by atoms with Crippen LogP contribution in [0.1, 0.15) is 5.56 Å². The summed E-state index contributed by atoms with van der Waals surface area (Å²) in [6.45, 7) is 3.72. The molecular weight excluding hydrogens is 237 g/mol. The normalized spacial score (nSPS) is 12.5. The molecule has 0 aliphatic carbocycles. The lowest BCUT2D eigenvalue weighted by molar-refractivity contribution is 0.634. The molecule has 0 N–H and O–H groups in total. The Kier molecular flexibility index (Phi) is 3.54. The van der Waals surface area contributed by atoms with Gasteiger partial charge in [0.05, 0.1) is 0 Å². The SMILES string of the molecule is Cc1ccc(P(C)c2ccccc2F)c(F)c1. The monoisotopic (exact) mass is 250 g/mol. The van der Waals surface area contributed by atoms with Crippen LogP contribution in [0.2, 0.25) is 0 Å². The van der Waals surface area contributed by atoms with Crippen molar-refractivity contribution >= 4 is 18.5 Å². The molecule has 0 aromatic heterocycles. The van der Waals surface area contributed by atoms with Crippen molar-refractivity contribution in [3.05, 3.63) is 59.7 Å². The number of aryl methyl sites for hydroxylation is 1. The zero-order chi connectivity index (χ0) is 12.4. The fourth-order valence-electron chi connectivity index (χ4n) is 1.74. The maximum Gasteiger partial charge on any atom is 0.131 e. The summed E-state index contributed by atoms with van der Waals surface area (Å²) in [5, 5.41) is 1.18. The van der Waals surface area contributed by atoms with E-state index in [1.165, 1.54) is 12.1 Å². The van der Waals surface area contributed by atoms with Crippen molar-refractivity contribution in [2.24, 2.45) is 0 Å². The summed E-state index contributed by atoms with van der Waals surface area (Å²) in [5.41, 5.74) is 0.878. The van der Waals surface area contributed by atoms with Crippen LogP contribution >= 0.6 is 7.92 Å². The number of hydrogen-bond donors (Lipinski definition) is 0. The first kappa shape index (κ1) is 12.2. The van der Waals surface area contributed by atoms with Crippen molar-refractivity contribution in [2.75, 3.05) is 6.66 Å². The largest absolute Gasteiger partial charge is 0.206 e. The highest BCUT2D eigenvalue weighted by atomic mass is 31.1. The number of benzene rings is 2. The predicted molar refractivity (Wildman–Crippen MR) is 69.6 cm³/mol. The summed E-state index contributed by atoms with van der Waals surface area (Å²) in [5.74, 6) is -0.511. The minimum Gasteiger partial charge on any atom is -0.206 e.